The van der Waals surface area contributed by atoms with E-state index in [4.69, 9.17) is 0 Å². The molecule has 1 heterocycles. The Balaban J connectivity index is 1.84. The maximum absolute atomic E-state index is 12.6. The van der Waals surface area contributed by atoms with Crippen molar-refractivity contribution in [2.24, 2.45) is 0 Å². The van der Waals surface area contributed by atoms with Gasteiger partial charge in [0.25, 0.3) is 10.0 Å². The molecule has 0 spiro atoms. The van der Waals surface area contributed by atoms with Gasteiger partial charge in [-0.2, -0.15) is 8.42 Å². The van der Waals surface area contributed by atoms with E-state index in [2.05, 4.69) is 35.7 Å². The fourth-order valence-corrected chi connectivity index (χ4v) is 4.06. The van der Waals surface area contributed by atoms with E-state index in [1.165, 1.54) is 5.56 Å². The lowest BCUT2D eigenvalue weighted by Gasteiger charge is -2.17. The molecule has 6 heteroatoms. The molecular formula is C20H25N3O2S. The third-order valence-corrected chi connectivity index (χ3v) is 5.97. The lowest BCUT2D eigenvalue weighted by atomic mass is 10.1. The van der Waals surface area contributed by atoms with E-state index in [0.29, 0.717) is 0 Å². The third kappa shape index (κ3) is 4.08. The van der Waals surface area contributed by atoms with Gasteiger partial charge >= 0.3 is 0 Å². The van der Waals surface area contributed by atoms with Gasteiger partial charge < -0.3 is 4.90 Å². The van der Waals surface area contributed by atoms with Crippen molar-refractivity contribution in [1.29, 1.82) is 0 Å². The fourth-order valence-electron chi connectivity index (χ4n) is 3.02. The van der Waals surface area contributed by atoms with Crippen molar-refractivity contribution in [1.82, 2.24) is 9.58 Å². The first-order chi connectivity index (χ1) is 12.5. The number of nitrogens with zero attached hydrogens (tertiary/aromatic N) is 2. The zero-order valence-corrected chi connectivity index (χ0v) is 16.0. The average Bonchev–Trinajstić information content (AvgIpc) is 3.05. The number of fused-ring (bicyclic) bond motifs is 1. The molecule has 1 aromatic heterocycles. The van der Waals surface area contributed by atoms with E-state index in [1.54, 1.807) is 41.2 Å². The van der Waals surface area contributed by atoms with Crippen LogP contribution in [0.5, 0.6) is 0 Å². The van der Waals surface area contributed by atoms with Crippen LogP contribution in [0.25, 0.3) is 10.9 Å². The van der Waals surface area contributed by atoms with Crippen LogP contribution in [0.2, 0.25) is 0 Å². The highest BCUT2D eigenvalue weighted by atomic mass is 32.2. The topological polar surface area (TPSA) is 54.3 Å². The molecule has 0 aliphatic carbocycles. The van der Waals surface area contributed by atoms with Gasteiger partial charge in [0.1, 0.15) is 0 Å². The minimum atomic E-state index is -3.62. The summed E-state index contributed by atoms with van der Waals surface area (Å²) >= 11 is 0. The molecule has 138 valence electrons. The largest absolute Gasteiger partial charge is 0.304 e. The van der Waals surface area contributed by atoms with Gasteiger partial charge in [0, 0.05) is 18.1 Å². The summed E-state index contributed by atoms with van der Waals surface area (Å²) < 4.78 is 26.7. The van der Waals surface area contributed by atoms with Gasteiger partial charge in [-0.05, 0) is 49.3 Å². The van der Waals surface area contributed by atoms with Gasteiger partial charge in [0.15, 0.2) is 0 Å². The zero-order chi connectivity index (χ0) is 18.6. The van der Waals surface area contributed by atoms with Crippen LogP contribution in [-0.4, -0.2) is 37.6 Å². The quantitative estimate of drug-likeness (QED) is 0.660. The highest BCUT2D eigenvalue weighted by Gasteiger charge is 2.14. The van der Waals surface area contributed by atoms with Crippen LogP contribution in [0, 0.1) is 0 Å². The van der Waals surface area contributed by atoms with Crippen molar-refractivity contribution < 1.29 is 8.42 Å². The van der Waals surface area contributed by atoms with Gasteiger partial charge in [-0.15, -0.1) is 0 Å². The third-order valence-electron chi connectivity index (χ3n) is 4.64. The number of sulfonamides is 1. The van der Waals surface area contributed by atoms with E-state index >= 15 is 0 Å². The Labute approximate surface area is 155 Å². The van der Waals surface area contributed by atoms with Gasteiger partial charge in [0.2, 0.25) is 0 Å². The standard InChI is InChI=1S/C20H25N3O2S/c1-3-22(4-2)14-12-17-10-11-18-13-15-23(20(18)16-17)21-26(24,25)19-8-6-5-7-9-19/h5-11,13,15-16,21H,3-4,12,14H2,1-2H3. The SMILES string of the molecule is CCN(CC)CCc1ccc2ccn(NS(=O)(=O)c3ccccc3)c2c1. The fraction of sp³-hybridized carbons (Fsp3) is 0.300. The van der Waals surface area contributed by atoms with Crippen LogP contribution < -0.4 is 4.83 Å². The Morgan fingerprint density at radius 3 is 2.42 bits per heavy atom. The van der Waals surface area contributed by atoms with Gasteiger partial charge in [-0.25, -0.2) is 4.83 Å². The number of benzene rings is 2. The molecule has 26 heavy (non-hydrogen) atoms. The minimum absolute atomic E-state index is 0.250. The Morgan fingerprint density at radius 2 is 1.73 bits per heavy atom. The average molecular weight is 372 g/mol. The number of hydrogen-bond acceptors (Lipinski definition) is 3. The van der Waals surface area contributed by atoms with E-state index in [0.717, 1.165) is 37.0 Å². The summed E-state index contributed by atoms with van der Waals surface area (Å²) in [5.41, 5.74) is 2.06. The van der Waals surface area contributed by atoms with Crippen LogP contribution in [-0.2, 0) is 16.4 Å². The predicted octanol–water partition coefficient (Wildman–Crippen LogP) is 3.46. The highest BCUT2D eigenvalue weighted by molar-refractivity contribution is 7.92. The molecule has 0 bridgehead atoms. The molecule has 0 atom stereocenters. The van der Waals surface area contributed by atoms with Crippen LogP contribution in [0.4, 0.5) is 0 Å². The molecule has 0 amide bonds. The summed E-state index contributed by atoms with van der Waals surface area (Å²) in [6.45, 7) is 7.39. The molecule has 0 radical (unpaired) electrons. The number of rotatable bonds is 8. The van der Waals surface area contributed by atoms with Crippen molar-refractivity contribution >= 4 is 20.9 Å². The normalized spacial score (nSPS) is 12.0. The Hall–Kier alpha value is -2.31. The van der Waals surface area contributed by atoms with Crippen LogP contribution in [0.1, 0.15) is 19.4 Å². The number of likely N-dealkylation sites (N-methyl/N-ethyl adjacent to an activating group) is 1. The molecule has 0 aliphatic rings. The summed E-state index contributed by atoms with van der Waals surface area (Å²) in [7, 11) is -3.62. The lowest BCUT2D eigenvalue weighted by molar-refractivity contribution is 0.308. The molecule has 0 saturated heterocycles. The molecule has 5 nitrogen and oxygen atoms in total. The van der Waals surface area contributed by atoms with Crippen molar-refractivity contribution in [2.45, 2.75) is 25.2 Å². The first-order valence-electron chi connectivity index (χ1n) is 8.93. The van der Waals surface area contributed by atoms with E-state index in [1.807, 2.05) is 12.1 Å². The Morgan fingerprint density at radius 1 is 1.00 bits per heavy atom. The van der Waals surface area contributed by atoms with Crippen molar-refractivity contribution in [3.8, 4) is 0 Å². The monoisotopic (exact) mass is 371 g/mol. The molecule has 1 N–H and O–H groups in total. The van der Waals surface area contributed by atoms with E-state index in [-0.39, 0.29) is 4.90 Å². The predicted molar refractivity (Wildman–Crippen MR) is 106 cm³/mol. The number of hydrogen-bond donors (Lipinski definition) is 1. The summed E-state index contributed by atoms with van der Waals surface area (Å²) in [5, 5.41) is 1.01. The molecule has 0 saturated carbocycles. The maximum Gasteiger partial charge on any atom is 0.275 e. The Bertz CT molecular complexity index is 961. The highest BCUT2D eigenvalue weighted by Crippen LogP contribution is 2.19. The van der Waals surface area contributed by atoms with E-state index in [9.17, 15) is 8.42 Å². The number of aromatic nitrogens is 1. The first-order valence-corrected chi connectivity index (χ1v) is 10.4. The van der Waals surface area contributed by atoms with Crippen molar-refractivity contribution in [3.05, 3.63) is 66.4 Å². The van der Waals surface area contributed by atoms with Crippen LogP contribution >= 0.6 is 0 Å². The molecular weight excluding hydrogens is 346 g/mol. The smallest absolute Gasteiger partial charge is 0.275 e. The second-order valence-corrected chi connectivity index (χ2v) is 7.92. The molecule has 0 fully saturated rings. The second-order valence-electron chi connectivity index (χ2n) is 6.26. The maximum atomic E-state index is 12.6. The number of nitrogens with one attached hydrogen (secondary N) is 1. The van der Waals surface area contributed by atoms with Gasteiger partial charge in [-0.3, -0.25) is 4.68 Å². The second kappa shape index (κ2) is 7.93. The van der Waals surface area contributed by atoms with Crippen LogP contribution in [0.15, 0.2) is 65.7 Å². The zero-order valence-electron chi connectivity index (χ0n) is 15.2. The molecule has 2 aromatic carbocycles. The molecule has 0 unspecified atom stereocenters. The first kappa shape index (κ1) is 18.5. The van der Waals surface area contributed by atoms with Crippen molar-refractivity contribution in [3.63, 3.8) is 0 Å². The summed E-state index contributed by atoms with van der Waals surface area (Å²) in [4.78, 5) is 5.28. The van der Waals surface area contributed by atoms with Gasteiger partial charge in [0.05, 0.1) is 10.4 Å². The summed E-state index contributed by atoms with van der Waals surface area (Å²) in [6.07, 6.45) is 2.69. The van der Waals surface area contributed by atoms with Gasteiger partial charge in [-0.1, -0.05) is 44.2 Å². The molecule has 3 aromatic rings. The summed E-state index contributed by atoms with van der Waals surface area (Å²) in [6, 6.07) is 16.5. The molecule has 0 aliphatic heterocycles. The minimum Gasteiger partial charge on any atom is -0.304 e. The molecule has 3 rings (SSSR count). The van der Waals surface area contributed by atoms with Crippen LogP contribution in [0.3, 0.4) is 0 Å². The summed E-state index contributed by atoms with van der Waals surface area (Å²) in [5.74, 6) is 0. The van der Waals surface area contributed by atoms with Crippen molar-refractivity contribution in [2.75, 3.05) is 24.5 Å². The Kier molecular flexibility index (Phi) is 5.64. The van der Waals surface area contributed by atoms with E-state index < -0.39 is 10.0 Å². The lowest BCUT2D eigenvalue weighted by Crippen LogP contribution is -2.25.